The lowest BCUT2D eigenvalue weighted by Crippen LogP contribution is -2.31. The zero-order valence-corrected chi connectivity index (χ0v) is 12.0. The van der Waals surface area contributed by atoms with Crippen molar-refractivity contribution >= 4 is 11.6 Å². The molecular weight excluding hydrogens is 313 g/mol. The van der Waals surface area contributed by atoms with Gasteiger partial charge in [0.2, 0.25) is 5.91 Å². The van der Waals surface area contributed by atoms with Gasteiger partial charge in [0, 0.05) is 6.20 Å². The maximum absolute atomic E-state index is 12.7. The Hall–Kier alpha value is -2.77. The van der Waals surface area contributed by atoms with Gasteiger partial charge in [0.1, 0.15) is 17.9 Å². The highest BCUT2D eigenvalue weighted by Gasteiger charge is 2.34. The van der Waals surface area contributed by atoms with Crippen LogP contribution >= 0.6 is 0 Å². The van der Waals surface area contributed by atoms with Crippen molar-refractivity contribution in [2.75, 3.05) is 5.32 Å². The molecule has 0 saturated carbocycles. The predicted molar refractivity (Wildman–Crippen MR) is 77.2 cm³/mol. The van der Waals surface area contributed by atoms with E-state index >= 15 is 0 Å². The van der Waals surface area contributed by atoms with Gasteiger partial charge in [-0.1, -0.05) is 6.07 Å². The van der Waals surface area contributed by atoms with Crippen LogP contribution in [0.3, 0.4) is 0 Å². The standard InChI is InChI=1S/C15H13F3N2O3/c1-9-4-5-11(12(21)7-9)19-13(22)8-20-6-2-3-10(14(20)23)15(16,17)18/h2-7,21H,8H2,1H3,(H,19,22). The van der Waals surface area contributed by atoms with E-state index < -0.39 is 29.8 Å². The number of aromatic hydroxyl groups is 1. The second-order valence-corrected chi connectivity index (χ2v) is 4.92. The van der Waals surface area contributed by atoms with E-state index in [0.717, 1.165) is 17.8 Å². The minimum absolute atomic E-state index is 0.112. The fourth-order valence-corrected chi connectivity index (χ4v) is 1.97. The molecule has 122 valence electrons. The molecule has 8 heteroatoms. The van der Waals surface area contributed by atoms with E-state index in [1.54, 1.807) is 13.0 Å². The number of hydrogen-bond acceptors (Lipinski definition) is 3. The maximum atomic E-state index is 12.7. The zero-order chi connectivity index (χ0) is 17.2. The molecular formula is C15H13F3N2O3. The number of nitrogens with one attached hydrogen (secondary N) is 1. The molecule has 0 unspecified atom stereocenters. The summed E-state index contributed by atoms with van der Waals surface area (Å²) in [6, 6.07) is 6.22. The number of rotatable bonds is 3. The number of halogens is 3. The number of carbonyl (C=O) groups excluding carboxylic acids is 1. The number of phenols is 1. The first-order chi connectivity index (χ1) is 10.7. The van der Waals surface area contributed by atoms with Crippen molar-refractivity contribution in [3.05, 3.63) is 58.0 Å². The van der Waals surface area contributed by atoms with E-state index in [2.05, 4.69) is 5.32 Å². The molecule has 0 aliphatic carbocycles. The summed E-state index contributed by atoms with van der Waals surface area (Å²) in [7, 11) is 0. The summed E-state index contributed by atoms with van der Waals surface area (Å²) in [5.41, 5.74) is -1.76. The quantitative estimate of drug-likeness (QED) is 0.852. The smallest absolute Gasteiger partial charge is 0.421 e. The zero-order valence-electron chi connectivity index (χ0n) is 12.0. The number of nitrogens with zero attached hydrogens (tertiary/aromatic N) is 1. The van der Waals surface area contributed by atoms with Crippen LogP contribution in [0.25, 0.3) is 0 Å². The molecule has 1 aromatic carbocycles. The van der Waals surface area contributed by atoms with E-state index in [9.17, 15) is 27.9 Å². The highest BCUT2D eigenvalue weighted by molar-refractivity contribution is 5.92. The fourth-order valence-electron chi connectivity index (χ4n) is 1.97. The Morgan fingerprint density at radius 3 is 2.61 bits per heavy atom. The van der Waals surface area contributed by atoms with E-state index in [-0.39, 0.29) is 11.4 Å². The lowest BCUT2D eigenvalue weighted by molar-refractivity contribution is -0.139. The van der Waals surface area contributed by atoms with Crippen LogP contribution in [0, 0.1) is 6.92 Å². The molecule has 1 heterocycles. The molecule has 0 atom stereocenters. The Morgan fingerprint density at radius 1 is 1.30 bits per heavy atom. The van der Waals surface area contributed by atoms with Gasteiger partial charge in [-0.25, -0.2) is 0 Å². The summed E-state index contributed by atoms with van der Waals surface area (Å²) in [5.74, 6) is -0.902. The molecule has 2 rings (SSSR count). The number of pyridine rings is 1. The maximum Gasteiger partial charge on any atom is 0.421 e. The van der Waals surface area contributed by atoms with Gasteiger partial charge in [-0.3, -0.25) is 9.59 Å². The number of aryl methyl sites for hydroxylation is 1. The van der Waals surface area contributed by atoms with Crippen molar-refractivity contribution in [3.8, 4) is 5.75 Å². The molecule has 5 nitrogen and oxygen atoms in total. The van der Waals surface area contributed by atoms with Gasteiger partial charge in [-0.15, -0.1) is 0 Å². The van der Waals surface area contributed by atoms with Crippen LogP contribution < -0.4 is 10.9 Å². The second-order valence-electron chi connectivity index (χ2n) is 4.92. The molecule has 0 aliphatic rings. The van der Waals surface area contributed by atoms with Crippen LogP contribution in [-0.4, -0.2) is 15.6 Å². The SMILES string of the molecule is Cc1ccc(NC(=O)Cn2cccc(C(F)(F)F)c2=O)c(O)c1. The van der Waals surface area contributed by atoms with Crippen molar-refractivity contribution in [2.24, 2.45) is 0 Å². The average molecular weight is 326 g/mol. The largest absolute Gasteiger partial charge is 0.506 e. The summed E-state index contributed by atoms with van der Waals surface area (Å²) in [6.07, 6.45) is -3.70. The third-order valence-electron chi connectivity index (χ3n) is 3.07. The lowest BCUT2D eigenvalue weighted by atomic mass is 10.2. The molecule has 0 bridgehead atoms. The Bertz CT molecular complexity index is 797. The van der Waals surface area contributed by atoms with Crippen molar-refractivity contribution in [1.29, 1.82) is 0 Å². The molecule has 0 aliphatic heterocycles. The van der Waals surface area contributed by atoms with E-state index in [1.165, 1.54) is 12.1 Å². The summed E-state index contributed by atoms with van der Waals surface area (Å²) in [4.78, 5) is 23.6. The third-order valence-corrected chi connectivity index (χ3v) is 3.07. The molecule has 2 aromatic rings. The fraction of sp³-hybridized carbons (Fsp3) is 0.200. The first kappa shape index (κ1) is 16.6. The minimum atomic E-state index is -4.79. The monoisotopic (exact) mass is 326 g/mol. The number of carbonyl (C=O) groups is 1. The van der Waals surface area contributed by atoms with Gasteiger partial charge in [0.25, 0.3) is 5.56 Å². The number of benzene rings is 1. The normalized spacial score (nSPS) is 11.3. The first-order valence-electron chi connectivity index (χ1n) is 6.54. The lowest BCUT2D eigenvalue weighted by Gasteiger charge is -2.11. The second kappa shape index (κ2) is 6.15. The predicted octanol–water partition coefficient (Wildman–Crippen LogP) is 2.52. The van der Waals surface area contributed by atoms with Crippen LogP contribution in [0.2, 0.25) is 0 Å². The number of phenolic OH excluding ortho intramolecular Hbond substituents is 1. The van der Waals surface area contributed by atoms with Crippen LogP contribution in [0.1, 0.15) is 11.1 Å². The van der Waals surface area contributed by atoms with Crippen molar-refractivity contribution in [2.45, 2.75) is 19.6 Å². The van der Waals surface area contributed by atoms with E-state index in [1.807, 2.05) is 0 Å². The molecule has 23 heavy (non-hydrogen) atoms. The first-order valence-corrected chi connectivity index (χ1v) is 6.54. The van der Waals surface area contributed by atoms with Gasteiger partial charge in [0.15, 0.2) is 0 Å². The van der Waals surface area contributed by atoms with Gasteiger partial charge in [-0.05, 0) is 36.8 Å². The van der Waals surface area contributed by atoms with Gasteiger partial charge in [0.05, 0.1) is 5.69 Å². The number of amides is 1. The number of aromatic nitrogens is 1. The summed E-state index contributed by atoms with van der Waals surface area (Å²) in [6.45, 7) is 1.14. The molecule has 0 spiro atoms. The molecule has 1 aromatic heterocycles. The van der Waals surface area contributed by atoms with Crippen molar-refractivity contribution < 1.29 is 23.1 Å². The molecule has 0 fully saturated rings. The Kier molecular flexibility index (Phi) is 4.44. The van der Waals surface area contributed by atoms with Gasteiger partial charge in [-0.2, -0.15) is 13.2 Å². The Morgan fingerprint density at radius 2 is 2.00 bits per heavy atom. The van der Waals surface area contributed by atoms with Gasteiger partial charge >= 0.3 is 6.18 Å². The summed E-state index contributed by atoms with van der Waals surface area (Å²) < 4.78 is 38.6. The van der Waals surface area contributed by atoms with Crippen LogP contribution in [0.5, 0.6) is 5.75 Å². The minimum Gasteiger partial charge on any atom is -0.506 e. The van der Waals surface area contributed by atoms with E-state index in [0.29, 0.717) is 10.6 Å². The highest BCUT2D eigenvalue weighted by atomic mass is 19.4. The molecule has 0 radical (unpaired) electrons. The average Bonchev–Trinajstić information content (AvgIpc) is 2.43. The third kappa shape index (κ3) is 3.91. The van der Waals surface area contributed by atoms with E-state index in [4.69, 9.17) is 0 Å². The van der Waals surface area contributed by atoms with Gasteiger partial charge < -0.3 is 15.0 Å². The molecule has 2 N–H and O–H groups in total. The van der Waals surface area contributed by atoms with Crippen molar-refractivity contribution in [3.63, 3.8) is 0 Å². The number of anilines is 1. The molecule has 1 amide bonds. The molecule has 0 saturated heterocycles. The summed E-state index contributed by atoms with van der Waals surface area (Å²) >= 11 is 0. The van der Waals surface area contributed by atoms with Crippen LogP contribution in [-0.2, 0) is 17.5 Å². The Balaban J connectivity index is 2.20. The number of hydrogen-bond donors (Lipinski definition) is 2. The highest BCUT2D eigenvalue weighted by Crippen LogP contribution is 2.26. The van der Waals surface area contributed by atoms with Crippen LogP contribution in [0.15, 0.2) is 41.3 Å². The van der Waals surface area contributed by atoms with Crippen molar-refractivity contribution in [1.82, 2.24) is 4.57 Å². The Labute approximate surface area is 129 Å². The van der Waals surface area contributed by atoms with Crippen LogP contribution in [0.4, 0.5) is 18.9 Å². The number of alkyl halides is 3. The summed E-state index contributed by atoms with van der Waals surface area (Å²) in [5, 5.41) is 12.0. The topological polar surface area (TPSA) is 71.3 Å².